The van der Waals surface area contributed by atoms with Gasteiger partial charge >= 0.3 is 0 Å². The number of benzene rings is 1. The van der Waals surface area contributed by atoms with Crippen LogP contribution in [0.2, 0.25) is 0 Å². The molecule has 1 heterocycles. The summed E-state index contributed by atoms with van der Waals surface area (Å²) in [5, 5.41) is 20.3. The van der Waals surface area contributed by atoms with Crippen LogP contribution in [0.4, 0.5) is 0 Å². The molecule has 1 aromatic rings. The first-order valence-corrected chi connectivity index (χ1v) is 10.2. The van der Waals surface area contributed by atoms with Gasteiger partial charge in [0.25, 0.3) is 0 Å². The van der Waals surface area contributed by atoms with Gasteiger partial charge in [-0.3, -0.25) is 4.79 Å². The van der Waals surface area contributed by atoms with Crippen molar-refractivity contribution in [3.63, 3.8) is 0 Å². The maximum atomic E-state index is 11.3. The summed E-state index contributed by atoms with van der Waals surface area (Å²) in [6.07, 6.45) is -0.817. The van der Waals surface area contributed by atoms with Crippen LogP contribution in [-0.4, -0.2) is 86.8 Å². The third-order valence-electron chi connectivity index (χ3n) is 5.04. The minimum Gasteiger partial charge on any atom is -0.491 e. The van der Waals surface area contributed by atoms with Crippen LogP contribution in [-0.2, 0) is 4.74 Å². The molecule has 1 aromatic carbocycles. The fourth-order valence-electron chi connectivity index (χ4n) is 3.43. The van der Waals surface area contributed by atoms with Crippen molar-refractivity contribution in [1.82, 2.24) is 0 Å². The fraction of sp³-hybridized carbons (Fsp3) is 0.667. The average Bonchev–Trinajstić information content (AvgIpc) is 2.66. The Morgan fingerprint density at radius 2 is 1.46 bits per heavy atom. The first-order chi connectivity index (χ1) is 13.3. The molecule has 158 valence electrons. The van der Waals surface area contributed by atoms with Crippen LogP contribution in [0, 0.1) is 0 Å². The molecule has 0 aromatic heterocycles. The molecule has 4 N–H and O–H groups in total. The number of aliphatic hydroxyl groups is 2. The van der Waals surface area contributed by atoms with Gasteiger partial charge < -0.3 is 29.5 Å². The van der Waals surface area contributed by atoms with E-state index in [0.717, 1.165) is 26.2 Å². The fourth-order valence-corrected chi connectivity index (χ4v) is 3.43. The standard InChI is InChI=1S/C21H34N2O5/c1-16(2)27-14-19(25)12-22-8-10-23(11-9-22)13-20(26)15-28-21-6-4-18(5-7-21)17(3)24/h4-7,16,19-20,25-26H,8-15H2,1-3H3/p+2/t19-,20-/m1/s1. The SMILES string of the molecule is CC(=O)c1ccc(OC[C@H](O)C[NH+]2CC[NH+](C[C@@H](O)COC(C)C)CC2)cc1. The molecule has 1 aliphatic heterocycles. The molecule has 0 radical (unpaired) electrons. The number of carbonyl (C=O) groups is 1. The first-order valence-electron chi connectivity index (χ1n) is 10.2. The number of carbonyl (C=O) groups excluding carboxylic acids is 1. The number of nitrogens with one attached hydrogen (secondary N) is 2. The van der Waals surface area contributed by atoms with E-state index in [9.17, 15) is 15.0 Å². The molecule has 0 spiro atoms. The highest BCUT2D eigenvalue weighted by Crippen LogP contribution is 2.12. The molecule has 2 atom stereocenters. The molecule has 0 amide bonds. The van der Waals surface area contributed by atoms with Crippen molar-refractivity contribution in [2.75, 3.05) is 52.5 Å². The quantitative estimate of drug-likeness (QED) is 0.332. The van der Waals surface area contributed by atoms with Crippen molar-refractivity contribution in [3.8, 4) is 5.75 Å². The van der Waals surface area contributed by atoms with E-state index < -0.39 is 12.2 Å². The molecular weight excluding hydrogens is 360 g/mol. The second-order valence-corrected chi connectivity index (χ2v) is 7.99. The summed E-state index contributed by atoms with van der Waals surface area (Å²) in [6.45, 7) is 11.4. The van der Waals surface area contributed by atoms with E-state index in [1.54, 1.807) is 24.3 Å². The van der Waals surface area contributed by atoms with Crippen molar-refractivity contribution >= 4 is 5.78 Å². The van der Waals surface area contributed by atoms with Gasteiger partial charge in [0.2, 0.25) is 0 Å². The van der Waals surface area contributed by atoms with Gasteiger partial charge in [0, 0.05) is 5.56 Å². The summed E-state index contributed by atoms with van der Waals surface area (Å²) in [5.41, 5.74) is 0.651. The van der Waals surface area contributed by atoms with E-state index >= 15 is 0 Å². The molecule has 1 fully saturated rings. The molecule has 1 saturated heterocycles. The Balaban J connectivity index is 1.63. The summed E-state index contributed by atoms with van der Waals surface area (Å²) in [5.74, 6) is 0.683. The molecule has 2 rings (SSSR count). The van der Waals surface area contributed by atoms with E-state index in [4.69, 9.17) is 9.47 Å². The summed E-state index contributed by atoms with van der Waals surface area (Å²) in [7, 11) is 0. The van der Waals surface area contributed by atoms with E-state index in [2.05, 4.69) is 0 Å². The highest BCUT2D eigenvalue weighted by molar-refractivity contribution is 5.94. The summed E-state index contributed by atoms with van der Waals surface area (Å²) in [6, 6.07) is 6.98. The van der Waals surface area contributed by atoms with Crippen molar-refractivity contribution in [3.05, 3.63) is 29.8 Å². The number of ether oxygens (including phenoxy) is 2. The van der Waals surface area contributed by atoms with Crippen LogP contribution in [0.1, 0.15) is 31.1 Å². The number of Topliss-reactive ketones (excluding diaryl/α,β-unsaturated/α-hetero) is 1. The number of hydrogen-bond acceptors (Lipinski definition) is 5. The topological polar surface area (TPSA) is 84.9 Å². The average molecular weight is 397 g/mol. The Labute approximate surface area is 167 Å². The number of quaternary nitrogens is 2. The summed E-state index contributed by atoms with van der Waals surface area (Å²) in [4.78, 5) is 14.0. The molecule has 28 heavy (non-hydrogen) atoms. The lowest BCUT2D eigenvalue weighted by Crippen LogP contribution is -3.29. The van der Waals surface area contributed by atoms with Crippen LogP contribution in [0.5, 0.6) is 5.75 Å². The monoisotopic (exact) mass is 396 g/mol. The van der Waals surface area contributed by atoms with Gasteiger partial charge in [-0.25, -0.2) is 0 Å². The molecule has 7 heteroatoms. The maximum absolute atomic E-state index is 11.3. The largest absolute Gasteiger partial charge is 0.491 e. The Morgan fingerprint density at radius 1 is 0.964 bits per heavy atom. The minimum atomic E-state index is -0.533. The second-order valence-electron chi connectivity index (χ2n) is 7.99. The third kappa shape index (κ3) is 8.24. The zero-order valence-electron chi connectivity index (χ0n) is 17.3. The summed E-state index contributed by atoms with van der Waals surface area (Å²) >= 11 is 0. The van der Waals surface area contributed by atoms with Crippen molar-refractivity contribution < 1.29 is 34.3 Å². The van der Waals surface area contributed by atoms with Crippen LogP contribution in [0.25, 0.3) is 0 Å². The number of hydrogen-bond donors (Lipinski definition) is 4. The van der Waals surface area contributed by atoms with Gasteiger partial charge in [0.05, 0.1) is 12.7 Å². The lowest BCUT2D eigenvalue weighted by molar-refractivity contribution is -1.01. The minimum absolute atomic E-state index is 0.0245. The molecule has 1 aliphatic rings. The van der Waals surface area contributed by atoms with Crippen molar-refractivity contribution in [2.45, 2.75) is 39.1 Å². The normalized spacial score (nSPS) is 22.1. The van der Waals surface area contributed by atoms with E-state index in [1.165, 1.54) is 16.7 Å². The molecule has 0 bridgehead atoms. The maximum Gasteiger partial charge on any atom is 0.159 e. The molecular formula is C21H36N2O5+2. The van der Waals surface area contributed by atoms with Gasteiger partial charge in [-0.05, 0) is 45.0 Å². The Bertz CT molecular complexity index is 585. The molecule has 0 saturated carbocycles. The van der Waals surface area contributed by atoms with Gasteiger partial charge in [-0.15, -0.1) is 0 Å². The molecule has 7 nitrogen and oxygen atoms in total. The Hall–Kier alpha value is -1.51. The zero-order chi connectivity index (χ0) is 20.5. The second kappa shape index (κ2) is 11.5. The zero-order valence-corrected chi connectivity index (χ0v) is 17.3. The molecule has 0 aliphatic carbocycles. The highest BCUT2D eigenvalue weighted by Gasteiger charge is 2.26. The van der Waals surface area contributed by atoms with E-state index in [1.807, 2.05) is 13.8 Å². The van der Waals surface area contributed by atoms with Crippen molar-refractivity contribution in [2.24, 2.45) is 0 Å². The predicted octanol–water partition coefficient (Wildman–Crippen LogP) is -1.80. The van der Waals surface area contributed by atoms with Gasteiger partial charge in [-0.2, -0.15) is 0 Å². The summed E-state index contributed by atoms with van der Waals surface area (Å²) < 4.78 is 11.1. The van der Waals surface area contributed by atoms with Crippen LogP contribution in [0.3, 0.4) is 0 Å². The number of ketones is 1. The lowest BCUT2D eigenvalue weighted by atomic mass is 10.1. The lowest BCUT2D eigenvalue weighted by Gasteiger charge is -2.31. The van der Waals surface area contributed by atoms with Crippen LogP contribution < -0.4 is 14.5 Å². The Morgan fingerprint density at radius 3 is 1.93 bits per heavy atom. The highest BCUT2D eigenvalue weighted by atomic mass is 16.5. The van der Waals surface area contributed by atoms with Crippen molar-refractivity contribution in [1.29, 1.82) is 0 Å². The van der Waals surface area contributed by atoms with E-state index in [-0.39, 0.29) is 18.5 Å². The predicted molar refractivity (Wildman–Crippen MR) is 106 cm³/mol. The number of aliphatic hydroxyl groups excluding tert-OH is 2. The Kier molecular flexibility index (Phi) is 9.34. The van der Waals surface area contributed by atoms with Crippen LogP contribution >= 0.6 is 0 Å². The smallest absolute Gasteiger partial charge is 0.159 e. The van der Waals surface area contributed by atoms with Gasteiger partial charge in [-0.1, -0.05) is 0 Å². The number of rotatable bonds is 11. The van der Waals surface area contributed by atoms with Gasteiger partial charge in [0.1, 0.15) is 63.8 Å². The van der Waals surface area contributed by atoms with E-state index in [0.29, 0.717) is 31.0 Å². The third-order valence-corrected chi connectivity index (χ3v) is 5.04. The number of piperazine rings is 1. The first kappa shape index (κ1) is 22.8. The van der Waals surface area contributed by atoms with Gasteiger partial charge in [0.15, 0.2) is 5.78 Å². The van der Waals surface area contributed by atoms with Crippen LogP contribution in [0.15, 0.2) is 24.3 Å². The molecule has 0 unspecified atom stereocenters.